The molecule has 1 aromatic carbocycles. The molecular formula is C18H25N3O2. The maximum atomic E-state index is 12.3. The summed E-state index contributed by atoms with van der Waals surface area (Å²) in [6, 6.07) is 9.89. The average Bonchev–Trinajstić information content (AvgIpc) is 2.93. The highest BCUT2D eigenvalue weighted by molar-refractivity contribution is 5.83. The monoisotopic (exact) mass is 315 g/mol. The largest absolute Gasteiger partial charge is 0.368 e. The Balaban J connectivity index is 1.59. The van der Waals surface area contributed by atoms with E-state index in [1.165, 1.54) is 12.8 Å². The molecule has 0 radical (unpaired) electrons. The molecule has 5 heteroatoms. The number of hydrogen-bond acceptors (Lipinski definition) is 3. The molecule has 3 rings (SSSR count). The molecule has 0 unspecified atom stereocenters. The van der Waals surface area contributed by atoms with Gasteiger partial charge in [-0.05, 0) is 30.7 Å². The molecule has 2 amide bonds. The predicted octanol–water partition coefficient (Wildman–Crippen LogP) is 1.42. The standard InChI is InChI=1S/C18H25N3O2/c19-18(23)16-10-14-8-4-5-9-15(14)21(16)12-17(22)20-11-13-6-2-1-3-7-13/h1-3,6-7,14-16H,4-5,8-12H2,(H2,19,23)(H,20,22)/t14-,15-,16-/m0/s1. The van der Waals surface area contributed by atoms with E-state index >= 15 is 0 Å². The van der Waals surface area contributed by atoms with Crippen molar-refractivity contribution in [3.63, 3.8) is 0 Å². The number of benzene rings is 1. The Kier molecular flexibility index (Phi) is 4.96. The number of nitrogens with one attached hydrogen (secondary N) is 1. The number of hydrogen-bond donors (Lipinski definition) is 2. The van der Waals surface area contributed by atoms with Crippen LogP contribution in [0.15, 0.2) is 30.3 Å². The van der Waals surface area contributed by atoms with E-state index in [4.69, 9.17) is 5.73 Å². The number of primary amides is 1. The fraction of sp³-hybridized carbons (Fsp3) is 0.556. The minimum Gasteiger partial charge on any atom is -0.368 e. The van der Waals surface area contributed by atoms with Gasteiger partial charge in [0.05, 0.1) is 12.6 Å². The van der Waals surface area contributed by atoms with Crippen LogP contribution in [0.1, 0.15) is 37.7 Å². The van der Waals surface area contributed by atoms with E-state index in [1.807, 2.05) is 35.2 Å². The van der Waals surface area contributed by atoms with Crippen LogP contribution < -0.4 is 11.1 Å². The number of nitrogens with two attached hydrogens (primary N) is 1. The van der Waals surface area contributed by atoms with Crippen molar-refractivity contribution >= 4 is 11.8 Å². The van der Waals surface area contributed by atoms with E-state index in [9.17, 15) is 9.59 Å². The number of rotatable bonds is 5. The normalized spacial score (nSPS) is 27.4. The van der Waals surface area contributed by atoms with Crippen molar-refractivity contribution in [1.82, 2.24) is 10.2 Å². The number of likely N-dealkylation sites (tertiary alicyclic amines) is 1. The summed E-state index contributed by atoms with van der Waals surface area (Å²) < 4.78 is 0. The maximum Gasteiger partial charge on any atom is 0.234 e. The van der Waals surface area contributed by atoms with Crippen molar-refractivity contribution in [1.29, 1.82) is 0 Å². The van der Waals surface area contributed by atoms with Crippen molar-refractivity contribution in [3.8, 4) is 0 Å². The van der Waals surface area contributed by atoms with E-state index in [0.29, 0.717) is 18.5 Å². The third kappa shape index (κ3) is 3.72. The van der Waals surface area contributed by atoms with Crippen molar-refractivity contribution < 1.29 is 9.59 Å². The van der Waals surface area contributed by atoms with Crippen LogP contribution in [0.4, 0.5) is 0 Å². The Bertz CT molecular complexity index is 561. The smallest absolute Gasteiger partial charge is 0.234 e. The summed E-state index contributed by atoms with van der Waals surface area (Å²) in [7, 11) is 0. The Morgan fingerprint density at radius 3 is 2.65 bits per heavy atom. The molecule has 3 N–H and O–H groups in total. The highest BCUT2D eigenvalue weighted by Crippen LogP contribution is 2.39. The van der Waals surface area contributed by atoms with E-state index in [1.54, 1.807) is 0 Å². The molecule has 1 saturated carbocycles. The lowest BCUT2D eigenvalue weighted by molar-refractivity contribution is -0.126. The van der Waals surface area contributed by atoms with Crippen LogP contribution in [0.2, 0.25) is 0 Å². The van der Waals surface area contributed by atoms with E-state index in [-0.39, 0.29) is 24.4 Å². The van der Waals surface area contributed by atoms with Gasteiger partial charge in [0, 0.05) is 12.6 Å². The maximum absolute atomic E-state index is 12.3. The van der Waals surface area contributed by atoms with E-state index in [0.717, 1.165) is 24.8 Å². The SMILES string of the molecule is NC(=O)[C@@H]1C[C@@H]2CCCC[C@@H]2N1CC(=O)NCc1ccccc1. The Morgan fingerprint density at radius 2 is 1.91 bits per heavy atom. The third-order valence-electron chi connectivity index (χ3n) is 5.21. The zero-order valence-corrected chi connectivity index (χ0v) is 13.4. The van der Waals surface area contributed by atoms with Crippen LogP contribution in [0, 0.1) is 5.92 Å². The first-order valence-corrected chi connectivity index (χ1v) is 8.51. The van der Waals surface area contributed by atoms with E-state index in [2.05, 4.69) is 5.32 Å². The van der Waals surface area contributed by atoms with Gasteiger partial charge in [0.25, 0.3) is 0 Å². The summed E-state index contributed by atoms with van der Waals surface area (Å²) in [5.74, 6) is 0.185. The van der Waals surface area contributed by atoms with Gasteiger partial charge in [-0.2, -0.15) is 0 Å². The molecule has 0 spiro atoms. The second-order valence-electron chi connectivity index (χ2n) is 6.70. The van der Waals surface area contributed by atoms with Crippen LogP contribution in [-0.4, -0.2) is 35.3 Å². The molecule has 2 fully saturated rings. The molecule has 124 valence electrons. The molecule has 0 aromatic heterocycles. The minimum absolute atomic E-state index is 0.0358. The molecule has 1 heterocycles. The summed E-state index contributed by atoms with van der Waals surface area (Å²) in [5, 5.41) is 2.95. The first-order valence-electron chi connectivity index (χ1n) is 8.51. The van der Waals surface area contributed by atoms with Gasteiger partial charge >= 0.3 is 0 Å². The van der Waals surface area contributed by atoms with Crippen molar-refractivity contribution in [2.24, 2.45) is 11.7 Å². The molecule has 1 aliphatic heterocycles. The lowest BCUT2D eigenvalue weighted by Crippen LogP contribution is -2.49. The number of amides is 2. The highest BCUT2D eigenvalue weighted by Gasteiger charge is 2.44. The Hall–Kier alpha value is -1.88. The van der Waals surface area contributed by atoms with Crippen molar-refractivity contribution in [2.45, 2.75) is 50.7 Å². The van der Waals surface area contributed by atoms with Gasteiger partial charge in [-0.25, -0.2) is 0 Å². The topological polar surface area (TPSA) is 75.4 Å². The Labute approximate surface area is 137 Å². The van der Waals surface area contributed by atoms with Gasteiger partial charge in [-0.1, -0.05) is 43.2 Å². The van der Waals surface area contributed by atoms with Crippen molar-refractivity contribution in [2.75, 3.05) is 6.54 Å². The fourth-order valence-electron chi connectivity index (χ4n) is 4.08. The summed E-state index contributed by atoms with van der Waals surface area (Å²) in [5.41, 5.74) is 6.64. The summed E-state index contributed by atoms with van der Waals surface area (Å²) in [4.78, 5) is 26.1. The van der Waals surface area contributed by atoms with E-state index < -0.39 is 0 Å². The van der Waals surface area contributed by atoms with Crippen LogP contribution in [0.3, 0.4) is 0 Å². The summed E-state index contributed by atoms with van der Waals surface area (Å²) >= 11 is 0. The predicted molar refractivity (Wildman–Crippen MR) is 88.3 cm³/mol. The molecule has 3 atom stereocenters. The van der Waals surface area contributed by atoms with Crippen LogP contribution in [0.25, 0.3) is 0 Å². The second kappa shape index (κ2) is 7.13. The molecular weight excluding hydrogens is 290 g/mol. The molecule has 0 bridgehead atoms. The first kappa shape index (κ1) is 16.0. The van der Waals surface area contributed by atoms with Gasteiger partial charge in [0.2, 0.25) is 11.8 Å². The number of carbonyl (C=O) groups excluding carboxylic acids is 2. The molecule has 23 heavy (non-hydrogen) atoms. The Morgan fingerprint density at radius 1 is 1.17 bits per heavy atom. The van der Waals surface area contributed by atoms with Crippen molar-refractivity contribution in [3.05, 3.63) is 35.9 Å². The molecule has 5 nitrogen and oxygen atoms in total. The number of carbonyl (C=O) groups is 2. The lowest BCUT2D eigenvalue weighted by Gasteiger charge is -2.32. The van der Waals surface area contributed by atoms with Gasteiger partial charge in [-0.15, -0.1) is 0 Å². The second-order valence-corrected chi connectivity index (χ2v) is 6.70. The van der Waals surface area contributed by atoms with Gasteiger partial charge in [0.1, 0.15) is 0 Å². The number of nitrogens with zero attached hydrogens (tertiary/aromatic N) is 1. The quantitative estimate of drug-likeness (QED) is 0.863. The molecule has 2 aliphatic rings. The molecule has 1 aliphatic carbocycles. The minimum atomic E-state index is -0.296. The van der Waals surface area contributed by atoms with Gasteiger partial charge < -0.3 is 11.1 Å². The zero-order valence-electron chi connectivity index (χ0n) is 13.4. The van der Waals surface area contributed by atoms with Crippen LogP contribution >= 0.6 is 0 Å². The van der Waals surface area contributed by atoms with Crippen LogP contribution in [0.5, 0.6) is 0 Å². The van der Waals surface area contributed by atoms with Gasteiger partial charge in [0.15, 0.2) is 0 Å². The number of fused-ring (bicyclic) bond motifs is 1. The first-order chi connectivity index (χ1) is 11.1. The fourth-order valence-corrected chi connectivity index (χ4v) is 4.08. The summed E-state index contributed by atoms with van der Waals surface area (Å²) in [6.45, 7) is 0.782. The average molecular weight is 315 g/mol. The molecule has 1 aromatic rings. The lowest BCUT2D eigenvalue weighted by atomic mass is 9.84. The molecule has 1 saturated heterocycles. The van der Waals surface area contributed by atoms with Crippen LogP contribution in [-0.2, 0) is 16.1 Å². The zero-order chi connectivity index (χ0) is 16.2. The third-order valence-corrected chi connectivity index (χ3v) is 5.21. The highest BCUT2D eigenvalue weighted by atomic mass is 16.2. The summed E-state index contributed by atoms with van der Waals surface area (Å²) in [6.07, 6.45) is 5.43. The van der Waals surface area contributed by atoms with Gasteiger partial charge in [-0.3, -0.25) is 14.5 Å².